The lowest BCUT2D eigenvalue weighted by Gasteiger charge is -2.10. The van der Waals surface area contributed by atoms with E-state index in [9.17, 15) is 4.79 Å². The summed E-state index contributed by atoms with van der Waals surface area (Å²) in [6, 6.07) is 9.40. The molecule has 5 nitrogen and oxygen atoms in total. The zero-order chi connectivity index (χ0) is 15.2. The van der Waals surface area contributed by atoms with Crippen molar-refractivity contribution in [3.8, 4) is 5.75 Å². The first-order valence-electron chi connectivity index (χ1n) is 7.10. The molecule has 2 rings (SSSR count). The summed E-state index contributed by atoms with van der Waals surface area (Å²) in [6.07, 6.45) is 0.583. The molecule has 5 heteroatoms. The molecule has 1 heterocycles. The Labute approximate surface area is 124 Å². The summed E-state index contributed by atoms with van der Waals surface area (Å²) < 4.78 is 5.71. The number of H-pyrrole nitrogens is 1. The maximum absolute atomic E-state index is 11.5. The van der Waals surface area contributed by atoms with Crippen LogP contribution in [0.4, 0.5) is 0 Å². The molecule has 0 bridgehead atoms. The molecule has 0 saturated carbocycles. The smallest absolute Gasteiger partial charge is 0.251 e. The van der Waals surface area contributed by atoms with Crippen LogP contribution in [0.15, 0.2) is 35.1 Å². The second-order valence-electron chi connectivity index (χ2n) is 5.24. The molecule has 1 aromatic heterocycles. The lowest BCUT2D eigenvalue weighted by molar-refractivity contribution is 0.294. The molecule has 0 unspecified atom stereocenters. The Morgan fingerprint density at radius 3 is 2.86 bits per heavy atom. The molecule has 21 heavy (non-hydrogen) atoms. The molecule has 0 fully saturated rings. The van der Waals surface area contributed by atoms with Crippen LogP contribution in [0.2, 0.25) is 0 Å². The molecule has 0 amide bonds. The molecule has 0 saturated heterocycles. The fourth-order valence-corrected chi connectivity index (χ4v) is 2.02. The largest absolute Gasteiger partial charge is 0.486 e. The Balaban J connectivity index is 2.09. The molecule has 0 aliphatic heterocycles. The molecule has 2 aromatic rings. The van der Waals surface area contributed by atoms with E-state index in [4.69, 9.17) is 10.5 Å². The average Bonchev–Trinajstić information content (AvgIpc) is 2.45. The molecular weight excluding hydrogens is 266 g/mol. The van der Waals surface area contributed by atoms with Crippen LogP contribution >= 0.6 is 0 Å². The average molecular weight is 287 g/mol. The molecule has 112 valence electrons. The molecular formula is C16H21N3O2. The summed E-state index contributed by atoms with van der Waals surface area (Å²) in [5, 5.41) is 0. The first-order valence-corrected chi connectivity index (χ1v) is 7.10. The number of rotatable bonds is 6. The van der Waals surface area contributed by atoms with Gasteiger partial charge in [0.05, 0.1) is 0 Å². The maximum atomic E-state index is 11.5. The molecule has 0 spiro atoms. The van der Waals surface area contributed by atoms with Crippen LogP contribution < -0.4 is 16.0 Å². The van der Waals surface area contributed by atoms with Gasteiger partial charge in [0, 0.05) is 18.2 Å². The van der Waals surface area contributed by atoms with Crippen molar-refractivity contribution in [2.24, 2.45) is 5.73 Å². The van der Waals surface area contributed by atoms with Crippen molar-refractivity contribution in [3.63, 3.8) is 0 Å². The van der Waals surface area contributed by atoms with E-state index in [2.05, 4.69) is 29.9 Å². The van der Waals surface area contributed by atoms with E-state index in [0.29, 0.717) is 30.4 Å². The lowest BCUT2D eigenvalue weighted by atomic mass is 10.0. The van der Waals surface area contributed by atoms with Crippen LogP contribution in [0, 0.1) is 0 Å². The van der Waals surface area contributed by atoms with Gasteiger partial charge in [0.1, 0.15) is 18.2 Å². The minimum atomic E-state index is -0.178. The zero-order valence-corrected chi connectivity index (χ0v) is 12.4. The van der Waals surface area contributed by atoms with Gasteiger partial charge >= 0.3 is 0 Å². The number of hydrogen-bond acceptors (Lipinski definition) is 4. The Bertz CT molecular complexity index is 650. The van der Waals surface area contributed by atoms with Gasteiger partial charge in [0.25, 0.3) is 5.56 Å². The highest BCUT2D eigenvalue weighted by molar-refractivity contribution is 5.30. The summed E-state index contributed by atoms with van der Waals surface area (Å²) in [6.45, 7) is 4.96. The molecule has 0 radical (unpaired) electrons. The van der Waals surface area contributed by atoms with Gasteiger partial charge in [-0.1, -0.05) is 26.0 Å². The van der Waals surface area contributed by atoms with E-state index >= 15 is 0 Å². The number of nitrogens with two attached hydrogens (primary N) is 1. The lowest BCUT2D eigenvalue weighted by Crippen LogP contribution is -2.16. The van der Waals surface area contributed by atoms with Crippen LogP contribution in [-0.2, 0) is 13.0 Å². The van der Waals surface area contributed by atoms with Crippen LogP contribution in [0.25, 0.3) is 0 Å². The first-order chi connectivity index (χ1) is 10.1. The third-order valence-electron chi connectivity index (χ3n) is 3.14. The summed E-state index contributed by atoms with van der Waals surface area (Å²) in [5.41, 5.74) is 7.21. The van der Waals surface area contributed by atoms with Crippen molar-refractivity contribution in [2.45, 2.75) is 32.8 Å². The van der Waals surface area contributed by atoms with E-state index in [1.165, 1.54) is 11.6 Å². The number of ether oxygens (including phenoxy) is 1. The highest BCUT2D eigenvalue weighted by Gasteiger charge is 2.04. The molecule has 0 aliphatic rings. The van der Waals surface area contributed by atoms with E-state index in [1.54, 1.807) is 0 Å². The predicted octanol–water partition coefficient (Wildman–Crippen LogP) is 1.97. The van der Waals surface area contributed by atoms with Crippen LogP contribution in [0.5, 0.6) is 5.75 Å². The quantitative estimate of drug-likeness (QED) is 0.851. The zero-order valence-electron chi connectivity index (χ0n) is 12.4. The van der Waals surface area contributed by atoms with Gasteiger partial charge in [0.15, 0.2) is 0 Å². The van der Waals surface area contributed by atoms with Crippen molar-refractivity contribution in [1.82, 2.24) is 9.97 Å². The predicted molar refractivity (Wildman–Crippen MR) is 82.5 cm³/mol. The fraction of sp³-hybridized carbons (Fsp3) is 0.375. The van der Waals surface area contributed by atoms with Gasteiger partial charge in [0.2, 0.25) is 0 Å². The number of hydrogen-bond donors (Lipinski definition) is 2. The molecule has 0 aliphatic carbocycles. The fourth-order valence-electron chi connectivity index (χ4n) is 2.02. The summed E-state index contributed by atoms with van der Waals surface area (Å²) in [5.74, 6) is 1.73. The van der Waals surface area contributed by atoms with Crippen molar-refractivity contribution < 1.29 is 4.74 Å². The van der Waals surface area contributed by atoms with Crippen LogP contribution in [-0.4, -0.2) is 16.5 Å². The Kier molecular flexibility index (Phi) is 5.11. The number of aromatic amines is 1. The van der Waals surface area contributed by atoms with Crippen molar-refractivity contribution in [1.29, 1.82) is 0 Å². The van der Waals surface area contributed by atoms with Gasteiger partial charge in [-0.2, -0.15) is 0 Å². The first kappa shape index (κ1) is 15.3. The number of aromatic nitrogens is 2. The van der Waals surface area contributed by atoms with Crippen LogP contribution in [0.3, 0.4) is 0 Å². The maximum Gasteiger partial charge on any atom is 0.251 e. The van der Waals surface area contributed by atoms with Gasteiger partial charge in [-0.25, -0.2) is 4.98 Å². The Hall–Kier alpha value is -2.14. The highest BCUT2D eigenvalue weighted by atomic mass is 16.5. The van der Waals surface area contributed by atoms with Crippen LogP contribution in [0.1, 0.15) is 36.8 Å². The second kappa shape index (κ2) is 7.04. The SMILES string of the molecule is CC(C)c1cccc(OCc2nc(CCN)cc(=O)[nH]2)c1. The van der Waals surface area contributed by atoms with E-state index < -0.39 is 0 Å². The minimum Gasteiger partial charge on any atom is -0.486 e. The monoisotopic (exact) mass is 287 g/mol. The van der Waals surface area contributed by atoms with E-state index in [1.807, 2.05) is 18.2 Å². The van der Waals surface area contributed by atoms with Crippen molar-refractivity contribution in [2.75, 3.05) is 6.54 Å². The van der Waals surface area contributed by atoms with Gasteiger partial charge < -0.3 is 15.5 Å². The van der Waals surface area contributed by atoms with E-state index in [-0.39, 0.29) is 12.2 Å². The molecule has 3 N–H and O–H groups in total. The minimum absolute atomic E-state index is 0.178. The molecule has 0 atom stereocenters. The Morgan fingerprint density at radius 2 is 2.14 bits per heavy atom. The van der Waals surface area contributed by atoms with Crippen molar-refractivity contribution in [3.05, 3.63) is 57.8 Å². The standard InChI is InChI=1S/C16H21N3O2/c1-11(2)12-4-3-5-14(8-12)21-10-15-18-13(6-7-17)9-16(20)19-15/h3-5,8-9,11H,6-7,10,17H2,1-2H3,(H,18,19,20). The number of nitrogens with zero attached hydrogens (tertiary/aromatic N) is 1. The normalized spacial score (nSPS) is 10.9. The topological polar surface area (TPSA) is 81.0 Å². The van der Waals surface area contributed by atoms with Gasteiger partial charge in [-0.3, -0.25) is 4.79 Å². The summed E-state index contributed by atoms with van der Waals surface area (Å²) in [7, 11) is 0. The van der Waals surface area contributed by atoms with Gasteiger partial charge in [-0.05, 0) is 30.2 Å². The Morgan fingerprint density at radius 1 is 1.33 bits per heavy atom. The number of benzene rings is 1. The van der Waals surface area contributed by atoms with Gasteiger partial charge in [-0.15, -0.1) is 0 Å². The summed E-state index contributed by atoms with van der Waals surface area (Å²) in [4.78, 5) is 18.6. The molecule has 1 aromatic carbocycles. The summed E-state index contributed by atoms with van der Waals surface area (Å²) >= 11 is 0. The van der Waals surface area contributed by atoms with E-state index in [0.717, 1.165) is 5.75 Å². The highest BCUT2D eigenvalue weighted by Crippen LogP contribution is 2.20. The third kappa shape index (κ3) is 4.43. The third-order valence-corrected chi connectivity index (χ3v) is 3.14. The second-order valence-corrected chi connectivity index (χ2v) is 5.24. The number of nitrogens with one attached hydrogen (secondary N) is 1. The van der Waals surface area contributed by atoms with Crippen molar-refractivity contribution >= 4 is 0 Å².